The van der Waals surface area contributed by atoms with Gasteiger partial charge in [-0.2, -0.15) is 0 Å². The van der Waals surface area contributed by atoms with Gasteiger partial charge in [0.2, 0.25) is 0 Å². The average Bonchev–Trinajstić information content (AvgIpc) is 3.21. The van der Waals surface area contributed by atoms with E-state index >= 15 is 0 Å². The summed E-state index contributed by atoms with van der Waals surface area (Å²) in [6.07, 6.45) is 10.6. The van der Waals surface area contributed by atoms with Gasteiger partial charge in [0.25, 0.3) is 0 Å². The number of rotatable bonds is 8. The molecule has 1 fully saturated rings. The summed E-state index contributed by atoms with van der Waals surface area (Å²) < 4.78 is 0. The second kappa shape index (κ2) is 10.3. The maximum atomic E-state index is 6.16. The lowest BCUT2D eigenvalue weighted by atomic mass is 9.87. The number of allylic oxidation sites excluding steroid dienone is 4. The molecular weight excluding hydrogens is 390 g/mol. The quantitative estimate of drug-likeness (QED) is 0.607. The minimum absolute atomic E-state index is 0.575. The van der Waals surface area contributed by atoms with E-state index in [0.717, 1.165) is 31.2 Å². The molecule has 0 unspecified atom stereocenters. The molecule has 4 rings (SSSR count). The lowest BCUT2D eigenvalue weighted by Crippen LogP contribution is -2.33. The second-order valence-electron chi connectivity index (χ2n) is 8.52. The molecule has 2 atom stereocenters. The van der Waals surface area contributed by atoms with Gasteiger partial charge in [-0.05, 0) is 79.6 Å². The van der Waals surface area contributed by atoms with E-state index in [4.69, 9.17) is 17.3 Å². The van der Waals surface area contributed by atoms with E-state index in [-0.39, 0.29) is 0 Å². The molecule has 0 aromatic heterocycles. The van der Waals surface area contributed by atoms with Crippen LogP contribution in [0, 0.1) is 11.8 Å². The van der Waals surface area contributed by atoms with Gasteiger partial charge in [0.15, 0.2) is 0 Å². The molecule has 2 aromatic rings. The van der Waals surface area contributed by atoms with Gasteiger partial charge in [-0.15, -0.1) is 0 Å². The molecule has 0 radical (unpaired) electrons. The van der Waals surface area contributed by atoms with Crippen LogP contribution in [0.25, 0.3) is 0 Å². The topological polar surface area (TPSA) is 41.3 Å². The van der Waals surface area contributed by atoms with Crippen LogP contribution in [0.3, 0.4) is 0 Å². The van der Waals surface area contributed by atoms with Crippen LogP contribution >= 0.6 is 11.6 Å². The number of nitrogens with zero attached hydrogens (tertiary/aromatic N) is 1. The molecule has 0 amide bonds. The first-order valence-electron chi connectivity index (χ1n) is 11.1. The standard InChI is InChI=1S/C26H32ClN3/c27-25-9-11-26(12-10-25)30(18-22-8-4-7-21(13-22)15-28)19-24-17-29-16-23(24)14-20-5-2-1-3-6-20/h2,4-13,23-24,29H,1,3,14-19,28H2/t23-,24+/m0/s1. The Morgan fingerprint density at radius 3 is 2.57 bits per heavy atom. The zero-order chi connectivity index (χ0) is 20.8. The molecule has 1 aliphatic carbocycles. The maximum Gasteiger partial charge on any atom is 0.0429 e. The predicted molar refractivity (Wildman–Crippen MR) is 128 cm³/mol. The minimum atomic E-state index is 0.575. The Morgan fingerprint density at radius 2 is 1.80 bits per heavy atom. The molecule has 0 saturated carbocycles. The fraction of sp³-hybridized carbons (Fsp3) is 0.385. The number of hydrogen-bond acceptors (Lipinski definition) is 3. The van der Waals surface area contributed by atoms with E-state index in [0.29, 0.717) is 18.4 Å². The van der Waals surface area contributed by atoms with Crippen molar-refractivity contribution >= 4 is 17.3 Å². The van der Waals surface area contributed by atoms with Crippen molar-refractivity contribution in [1.82, 2.24) is 5.32 Å². The van der Waals surface area contributed by atoms with Crippen LogP contribution in [0.5, 0.6) is 0 Å². The molecule has 1 aliphatic heterocycles. The van der Waals surface area contributed by atoms with Crippen molar-refractivity contribution in [3.05, 3.63) is 88.5 Å². The zero-order valence-corrected chi connectivity index (χ0v) is 18.3. The van der Waals surface area contributed by atoms with E-state index in [2.05, 4.69) is 64.8 Å². The van der Waals surface area contributed by atoms with Crippen molar-refractivity contribution in [3.8, 4) is 0 Å². The molecule has 2 aliphatic rings. The Kier molecular flexibility index (Phi) is 7.27. The fourth-order valence-corrected chi connectivity index (χ4v) is 4.76. The molecule has 3 nitrogen and oxygen atoms in total. The highest BCUT2D eigenvalue weighted by atomic mass is 35.5. The number of halogens is 1. The molecule has 158 valence electrons. The number of nitrogens with one attached hydrogen (secondary N) is 1. The summed E-state index contributed by atoms with van der Waals surface area (Å²) in [5.74, 6) is 1.29. The van der Waals surface area contributed by atoms with Crippen molar-refractivity contribution < 1.29 is 0 Å². The van der Waals surface area contributed by atoms with Crippen molar-refractivity contribution in [2.75, 3.05) is 24.5 Å². The number of benzene rings is 2. The first kappa shape index (κ1) is 21.2. The summed E-state index contributed by atoms with van der Waals surface area (Å²) in [6, 6.07) is 16.9. The molecule has 0 bridgehead atoms. The zero-order valence-electron chi connectivity index (χ0n) is 17.6. The summed E-state index contributed by atoms with van der Waals surface area (Å²) >= 11 is 6.16. The summed E-state index contributed by atoms with van der Waals surface area (Å²) in [6.45, 7) is 4.66. The van der Waals surface area contributed by atoms with Gasteiger partial charge in [0.1, 0.15) is 0 Å². The largest absolute Gasteiger partial charge is 0.367 e. The fourth-order valence-electron chi connectivity index (χ4n) is 4.63. The van der Waals surface area contributed by atoms with Gasteiger partial charge in [0.05, 0.1) is 0 Å². The van der Waals surface area contributed by atoms with Crippen LogP contribution in [0.4, 0.5) is 5.69 Å². The molecule has 0 spiro atoms. The van der Waals surface area contributed by atoms with Gasteiger partial charge in [0, 0.05) is 30.3 Å². The first-order valence-corrected chi connectivity index (χ1v) is 11.4. The van der Waals surface area contributed by atoms with E-state index in [9.17, 15) is 0 Å². The normalized spacial score (nSPS) is 20.9. The third kappa shape index (κ3) is 5.54. The van der Waals surface area contributed by atoms with Crippen molar-refractivity contribution in [1.29, 1.82) is 0 Å². The summed E-state index contributed by atoms with van der Waals surface area (Å²) in [5, 5.41) is 4.42. The monoisotopic (exact) mass is 421 g/mol. The number of anilines is 1. The van der Waals surface area contributed by atoms with E-state index in [1.165, 1.54) is 41.6 Å². The molecule has 4 heteroatoms. The Morgan fingerprint density at radius 1 is 1.00 bits per heavy atom. The Bertz CT molecular complexity index is 887. The minimum Gasteiger partial charge on any atom is -0.367 e. The highest BCUT2D eigenvalue weighted by Crippen LogP contribution is 2.30. The average molecular weight is 422 g/mol. The molecule has 1 saturated heterocycles. The van der Waals surface area contributed by atoms with Gasteiger partial charge in [-0.1, -0.05) is 59.7 Å². The third-order valence-electron chi connectivity index (χ3n) is 6.30. The van der Waals surface area contributed by atoms with Crippen LogP contribution < -0.4 is 16.0 Å². The van der Waals surface area contributed by atoms with Crippen LogP contribution in [0.15, 0.2) is 72.3 Å². The number of hydrogen-bond donors (Lipinski definition) is 2. The molecule has 30 heavy (non-hydrogen) atoms. The maximum absolute atomic E-state index is 6.16. The molecule has 1 heterocycles. The predicted octanol–water partition coefficient (Wildman–Crippen LogP) is 5.31. The van der Waals surface area contributed by atoms with E-state index in [1.807, 2.05) is 12.1 Å². The van der Waals surface area contributed by atoms with E-state index in [1.54, 1.807) is 0 Å². The van der Waals surface area contributed by atoms with Crippen LogP contribution in [-0.4, -0.2) is 19.6 Å². The van der Waals surface area contributed by atoms with Gasteiger partial charge in [-0.25, -0.2) is 0 Å². The SMILES string of the molecule is NCc1cccc(CN(C[C@H]2CNC[C@@H]2CC2=CCCC=C2)c2ccc(Cl)cc2)c1. The molecule has 2 aromatic carbocycles. The van der Waals surface area contributed by atoms with Crippen molar-refractivity contribution in [3.63, 3.8) is 0 Å². The summed E-state index contributed by atoms with van der Waals surface area (Å²) in [5.41, 5.74) is 11.1. The van der Waals surface area contributed by atoms with Crippen molar-refractivity contribution in [2.45, 2.75) is 32.4 Å². The molecule has 3 N–H and O–H groups in total. The highest BCUT2D eigenvalue weighted by molar-refractivity contribution is 6.30. The lowest BCUT2D eigenvalue weighted by Gasteiger charge is -2.31. The van der Waals surface area contributed by atoms with Gasteiger partial charge >= 0.3 is 0 Å². The van der Waals surface area contributed by atoms with Crippen LogP contribution in [-0.2, 0) is 13.1 Å². The molecular formula is C26H32ClN3. The lowest BCUT2D eigenvalue weighted by molar-refractivity contribution is 0.413. The van der Waals surface area contributed by atoms with Gasteiger partial charge < -0.3 is 16.0 Å². The Hall–Kier alpha value is -2.07. The second-order valence-corrected chi connectivity index (χ2v) is 8.96. The Labute approximate surface area is 185 Å². The van der Waals surface area contributed by atoms with Gasteiger partial charge in [-0.3, -0.25) is 0 Å². The van der Waals surface area contributed by atoms with Crippen LogP contribution in [0.1, 0.15) is 30.4 Å². The summed E-state index contributed by atoms with van der Waals surface area (Å²) in [7, 11) is 0. The smallest absolute Gasteiger partial charge is 0.0429 e. The third-order valence-corrected chi connectivity index (χ3v) is 6.55. The summed E-state index contributed by atoms with van der Waals surface area (Å²) in [4.78, 5) is 2.50. The number of nitrogens with two attached hydrogens (primary N) is 1. The van der Waals surface area contributed by atoms with Crippen LogP contribution in [0.2, 0.25) is 5.02 Å². The first-order chi connectivity index (χ1) is 14.7. The van der Waals surface area contributed by atoms with E-state index < -0.39 is 0 Å². The highest BCUT2D eigenvalue weighted by Gasteiger charge is 2.29. The Balaban J connectivity index is 1.51. The van der Waals surface area contributed by atoms with Crippen molar-refractivity contribution in [2.24, 2.45) is 17.6 Å².